The van der Waals surface area contributed by atoms with Gasteiger partial charge in [0.25, 0.3) is 5.91 Å². The van der Waals surface area contributed by atoms with Crippen LogP contribution in [0.1, 0.15) is 32.3 Å². The molecular formula is C17H26N2O4. The quantitative estimate of drug-likeness (QED) is 0.708. The van der Waals surface area contributed by atoms with Crippen molar-refractivity contribution in [1.82, 2.24) is 4.98 Å². The molecule has 23 heavy (non-hydrogen) atoms. The van der Waals surface area contributed by atoms with E-state index in [9.17, 15) is 4.79 Å². The summed E-state index contributed by atoms with van der Waals surface area (Å²) in [5, 5.41) is 2.89. The van der Waals surface area contributed by atoms with Gasteiger partial charge in [0.05, 0.1) is 18.5 Å². The van der Waals surface area contributed by atoms with Crippen molar-refractivity contribution in [3.8, 4) is 5.88 Å². The number of aromatic nitrogens is 1. The normalized spacial score (nSPS) is 16.7. The molecule has 0 unspecified atom stereocenters. The number of hydrogen-bond donors (Lipinski definition) is 1. The van der Waals surface area contributed by atoms with Crippen molar-refractivity contribution in [1.29, 1.82) is 0 Å². The fourth-order valence-corrected chi connectivity index (χ4v) is 2.46. The molecule has 0 radical (unpaired) electrons. The van der Waals surface area contributed by atoms with E-state index >= 15 is 0 Å². The van der Waals surface area contributed by atoms with Gasteiger partial charge < -0.3 is 19.5 Å². The van der Waals surface area contributed by atoms with Crippen LogP contribution in [0.3, 0.4) is 0 Å². The summed E-state index contributed by atoms with van der Waals surface area (Å²) in [6.07, 6.45) is 3.66. The number of nitrogens with one attached hydrogen (secondary N) is 1. The third kappa shape index (κ3) is 4.42. The van der Waals surface area contributed by atoms with Gasteiger partial charge in [0.1, 0.15) is 12.2 Å². The minimum Gasteiger partial charge on any atom is -0.475 e. The van der Waals surface area contributed by atoms with E-state index in [1.165, 1.54) is 0 Å². The number of carbonyl (C=O) groups excluding carboxylic acids is 1. The number of anilines is 1. The molecule has 1 fully saturated rings. The SMILES string of the molecule is CCOCCOc1ncc(NC(=O)[C@@](C)(OC)C2CC2)cc1C. The third-order valence-corrected chi connectivity index (χ3v) is 4.19. The maximum Gasteiger partial charge on any atom is 0.256 e. The van der Waals surface area contributed by atoms with E-state index < -0.39 is 5.60 Å². The molecule has 1 N–H and O–H groups in total. The molecular weight excluding hydrogens is 296 g/mol. The molecule has 1 aliphatic rings. The second-order valence-corrected chi connectivity index (χ2v) is 5.93. The number of nitrogens with zero attached hydrogens (tertiary/aromatic N) is 1. The van der Waals surface area contributed by atoms with E-state index in [1.54, 1.807) is 13.3 Å². The number of methoxy groups -OCH3 is 1. The number of carbonyl (C=O) groups is 1. The summed E-state index contributed by atoms with van der Waals surface area (Å²) in [6.45, 7) is 7.33. The first-order valence-electron chi connectivity index (χ1n) is 8.05. The average Bonchev–Trinajstić information content (AvgIpc) is 3.37. The van der Waals surface area contributed by atoms with Crippen LogP contribution in [0, 0.1) is 12.8 Å². The zero-order valence-electron chi connectivity index (χ0n) is 14.3. The smallest absolute Gasteiger partial charge is 0.256 e. The van der Waals surface area contributed by atoms with Gasteiger partial charge in [-0.05, 0) is 45.6 Å². The van der Waals surface area contributed by atoms with Crippen molar-refractivity contribution in [2.24, 2.45) is 5.92 Å². The Bertz CT molecular complexity index is 545. The van der Waals surface area contributed by atoms with E-state index in [0.717, 1.165) is 18.4 Å². The van der Waals surface area contributed by atoms with Crippen LogP contribution in [0.2, 0.25) is 0 Å². The van der Waals surface area contributed by atoms with Crippen molar-refractivity contribution in [3.05, 3.63) is 17.8 Å². The Morgan fingerprint density at radius 1 is 1.43 bits per heavy atom. The molecule has 0 bridgehead atoms. The minimum absolute atomic E-state index is 0.131. The highest BCUT2D eigenvalue weighted by Crippen LogP contribution is 2.42. The topological polar surface area (TPSA) is 69.7 Å². The lowest BCUT2D eigenvalue weighted by Gasteiger charge is -2.26. The van der Waals surface area contributed by atoms with Crippen LogP contribution in [-0.2, 0) is 14.3 Å². The van der Waals surface area contributed by atoms with Crippen LogP contribution < -0.4 is 10.1 Å². The molecule has 1 heterocycles. The van der Waals surface area contributed by atoms with E-state index in [-0.39, 0.29) is 5.91 Å². The average molecular weight is 322 g/mol. The first-order valence-corrected chi connectivity index (χ1v) is 8.05. The van der Waals surface area contributed by atoms with Gasteiger partial charge in [-0.15, -0.1) is 0 Å². The molecule has 1 saturated carbocycles. The number of rotatable bonds is 9. The number of aryl methyl sites for hydroxylation is 1. The van der Waals surface area contributed by atoms with Crippen LogP contribution in [0.25, 0.3) is 0 Å². The minimum atomic E-state index is -0.777. The Kier molecular flexibility index (Phi) is 5.96. The largest absolute Gasteiger partial charge is 0.475 e. The van der Waals surface area contributed by atoms with Gasteiger partial charge in [-0.3, -0.25) is 4.79 Å². The summed E-state index contributed by atoms with van der Waals surface area (Å²) in [5.74, 6) is 0.718. The lowest BCUT2D eigenvalue weighted by molar-refractivity contribution is -0.138. The van der Waals surface area contributed by atoms with Gasteiger partial charge in [0.15, 0.2) is 0 Å². The molecule has 1 aromatic heterocycles. The monoisotopic (exact) mass is 322 g/mol. The summed E-state index contributed by atoms with van der Waals surface area (Å²) < 4.78 is 16.2. The molecule has 1 amide bonds. The lowest BCUT2D eigenvalue weighted by atomic mass is 9.99. The van der Waals surface area contributed by atoms with E-state index in [1.807, 2.05) is 26.8 Å². The van der Waals surface area contributed by atoms with Crippen LogP contribution >= 0.6 is 0 Å². The van der Waals surface area contributed by atoms with Crippen molar-refractivity contribution >= 4 is 11.6 Å². The summed E-state index contributed by atoms with van der Waals surface area (Å²) in [7, 11) is 1.58. The third-order valence-electron chi connectivity index (χ3n) is 4.19. The maximum absolute atomic E-state index is 12.5. The van der Waals surface area contributed by atoms with Gasteiger partial charge in [0, 0.05) is 19.3 Å². The summed E-state index contributed by atoms with van der Waals surface area (Å²) >= 11 is 0. The van der Waals surface area contributed by atoms with Gasteiger partial charge in [-0.2, -0.15) is 0 Å². The molecule has 0 aliphatic heterocycles. The Balaban J connectivity index is 1.95. The van der Waals surface area contributed by atoms with Crippen molar-refractivity contribution in [2.45, 2.75) is 39.2 Å². The number of pyridine rings is 1. The van der Waals surface area contributed by atoms with Gasteiger partial charge >= 0.3 is 0 Å². The van der Waals surface area contributed by atoms with Crippen molar-refractivity contribution in [3.63, 3.8) is 0 Å². The molecule has 6 nitrogen and oxygen atoms in total. The second-order valence-electron chi connectivity index (χ2n) is 5.93. The van der Waals surface area contributed by atoms with Crippen molar-refractivity contribution in [2.75, 3.05) is 32.2 Å². The first kappa shape index (κ1) is 17.7. The molecule has 0 aromatic carbocycles. The summed E-state index contributed by atoms with van der Waals surface area (Å²) in [5.41, 5.74) is 0.735. The Hall–Kier alpha value is -1.66. The molecule has 1 atom stereocenters. The molecule has 0 saturated heterocycles. The number of ether oxygens (including phenoxy) is 3. The van der Waals surface area contributed by atoms with Crippen molar-refractivity contribution < 1.29 is 19.0 Å². The standard InChI is InChI=1S/C17H26N2O4/c1-5-22-8-9-23-15-12(2)10-14(11-18-15)19-16(20)17(3,21-4)13-6-7-13/h10-11,13H,5-9H2,1-4H3,(H,19,20)/t17-/m0/s1. The predicted octanol–water partition coefficient (Wildman–Crippen LogP) is 2.56. The molecule has 128 valence electrons. The van der Waals surface area contributed by atoms with Crippen LogP contribution in [0.15, 0.2) is 12.3 Å². The van der Waals surface area contributed by atoms with Crippen LogP contribution in [0.4, 0.5) is 5.69 Å². The highest BCUT2D eigenvalue weighted by atomic mass is 16.5. The highest BCUT2D eigenvalue weighted by Gasteiger charge is 2.47. The number of amides is 1. The molecule has 6 heteroatoms. The summed E-state index contributed by atoms with van der Waals surface area (Å²) in [4.78, 5) is 16.7. The fraction of sp³-hybridized carbons (Fsp3) is 0.647. The van der Waals surface area contributed by atoms with Gasteiger partial charge in [-0.1, -0.05) is 0 Å². The van der Waals surface area contributed by atoms with Crippen LogP contribution in [0.5, 0.6) is 5.88 Å². The first-order chi connectivity index (χ1) is 11.0. The molecule has 1 aromatic rings. The molecule has 2 rings (SSSR count). The second kappa shape index (κ2) is 7.75. The highest BCUT2D eigenvalue weighted by molar-refractivity contribution is 5.97. The lowest BCUT2D eigenvalue weighted by Crippen LogP contribution is -2.44. The fourth-order valence-electron chi connectivity index (χ4n) is 2.46. The van der Waals surface area contributed by atoms with E-state index in [0.29, 0.717) is 37.3 Å². The van der Waals surface area contributed by atoms with E-state index in [2.05, 4.69) is 10.3 Å². The van der Waals surface area contributed by atoms with Gasteiger partial charge in [0.2, 0.25) is 5.88 Å². The summed E-state index contributed by atoms with van der Waals surface area (Å²) in [6, 6.07) is 1.85. The zero-order chi connectivity index (χ0) is 16.9. The van der Waals surface area contributed by atoms with Crippen LogP contribution in [-0.4, -0.2) is 43.4 Å². The maximum atomic E-state index is 12.5. The predicted molar refractivity (Wildman–Crippen MR) is 87.7 cm³/mol. The van der Waals surface area contributed by atoms with E-state index in [4.69, 9.17) is 14.2 Å². The number of hydrogen-bond acceptors (Lipinski definition) is 5. The molecule has 1 aliphatic carbocycles. The Morgan fingerprint density at radius 3 is 2.74 bits per heavy atom. The molecule has 0 spiro atoms. The van der Waals surface area contributed by atoms with Gasteiger partial charge in [-0.25, -0.2) is 4.98 Å². The Labute approximate surface area is 137 Å². The Morgan fingerprint density at radius 2 is 2.17 bits per heavy atom. The zero-order valence-corrected chi connectivity index (χ0v) is 14.3.